The van der Waals surface area contributed by atoms with Gasteiger partial charge in [-0.05, 0) is 67.9 Å². The number of nitrogens with zero attached hydrogens (tertiary/aromatic N) is 1. The number of amides is 1. The largest absolute Gasteiger partial charge is 0.324 e. The van der Waals surface area contributed by atoms with E-state index in [4.69, 9.17) is 23.2 Å². The molecule has 30 heavy (non-hydrogen) atoms. The Balaban J connectivity index is 1.95. The quantitative estimate of drug-likeness (QED) is 0.529. The Morgan fingerprint density at radius 3 is 2.20 bits per heavy atom. The lowest BCUT2D eigenvalue weighted by Gasteiger charge is -2.24. The minimum Gasteiger partial charge on any atom is -0.324 e. The highest BCUT2D eigenvalue weighted by Crippen LogP contribution is 2.26. The van der Waals surface area contributed by atoms with Gasteiger partial charge in [0.25, 0.3) is 10.0 Å². The third kappa shape index (κ3) is 4.95. The van der Waals surface area contributed by atoms with E-state index in [1.54, 1.807) is 49.4 Å². The lowest BCUT2D eigenvalue weighted by molar-refractivity contribution is -0.114. The van der Waals surface area contributed by atoms with Crippen molar-refractivity contribution in [3.63, 3.8) is 0 Å². The van der Waals surface area contributed by atoms with Crippen molar-refractivity contribution >= 4 is 50.5 Å². The van der Waals surface area contributed by atoms with Gasteiger partial charge in [-0.15, -0.1) is 0 Å². The highest BCUT2D eigenvalue weighted by molar-refractivity contribution is 7.92. The van der Waals surface area contributed by atoms with Gasteiger partial charge in [0.1, 0.15) is 6.54 Å². The third-order valence-electron chi connectivity index (χ3n) is 4.55. The number of anilines is 2. The summed E-state index contributed by atoms with van der Waals surface area (Å²) in [6.07, 6.45) is 0. The molecule has 5 nitrogen and oxygen atoms in total. The molecule has 0 atom stereocenters. The highest BCUT2D eigenvalue weighted by atomic mass is 35.5. The summed E-state index contributed by atoms with van der Waals surface area (Å²) in [5, 5.41) is 3.68. The number of aryl methyl sites for hydroxylation is 1. The molecule has 0 bridgehead atoms. The SMILES string of the molecule is Cc1ccc(N(CC(=O)Nc2cccc(Cl)c2C)S(=O)(=O)c2ccc(Cl)cc2)cc1. The molecule has 3 aromatic rings. The van der Waals surface area contributed by atoms with Crippen LogP contribution in [0.4, 0.5) is 11.4 Å². The first-order valence-electron chi connectivity index (χ1n) is 9.08. The van der Waals surface area contributed by atoms with Crippen molar-refractivity contribution in [3.05, 3.63) is 87.9 Å². The predicted octanol–water partition coefficient (Wildman–Crippen LogP) is 5.44. The lowest BCUT2D eigenvalue weighted by atomic mass is 10.2. The van der Waals surface area contributed by atoms with Gasteiger partial charge in [0.2, 0.25) is 5.91 Å². The topological polar surface area (TPSA) is 66.5 Å². The molecule has 3 rings (SSSR count). The van der Waals surface area contributed by atoms with Crippen LogP contribution in [0, 0.1) is 13.8 Å². The lowest BCUT2D eigenvalue weighted by Crippen LogP contribution is -2.38. The van der Waals surface area contributed by atoms with Gasteiger partial charge in [0.15, 0.2) is 0 Å². The van der Waals surface area contributed by atoms with E-state index in [0.29, 0.717) is 27.0 Å². The highest BCUT2D eigenvalue weighted by Gasteiger charge is 2.27. The molecule has 0 aliphatic heterocycles. The molecule has 156 valence electrons. The number of sulfonamides is 1. The van der Waals surface area contributed by atoms with Crippen LogP contribution in [0.1, 0.15) is 11.1 Å². The van der Waals surface area contributed by atoms with Crippen LogP contribution in [0.5, 0.6) is 0 Å². The molecule has 0 spiro atoms. The molecule has 8 heteroatoms. The van der Waals surface area contributed by atoms with Crippen molar-refractivity contribution in [2.24, 2.45) is 0 Å². The van der Waals surface area contributed by atoms with Crippen molar-refractivity contribution < 1.29 is 13.2 Å². The van der Waals surface area contributed by atoms with E-state index in [0.717, 1.165) is 9.87 Å². The van der Waals surface area contributed by atoms with Gasteiger partial charge in [-0.3, -0.25) is 9.10 Å². The summed E-state index contributed by atoms with van der Waals surface area (Å²) in [5.41, 5.74) is 2.59. The standard InChI is InChI=1S/C22H20Cl2N2O3S/c1-15-6-10-18(11-7-15)26(30(28,29)19-12-8-17(23)9-13-19)14-22(27)25-21-5-3-4-20(24)16(21)2/h3-13H,14H2,1-2H3,(H,25,27). The average Bonchev–Trinajstić information content (AvgIpc) is 2.71. The molecule has 0 saturated heterocycles. The summed E-state index contributed by atoms with van der Waals surface area (Å²) in [4.78, 5) is 12.8. The summed E-state index contributed by atoms with van der Waals surface area (Å²) in [6.45, 7) is 3.27. The van der Waals surface area contributed by atoms with Crippen molar-refractivity contribution in [1.82, 2.24) is 0 Å². The molecule has 0 fully saturated rings. The molecule has 1 amide bonds. The van der Waals surface area contributed by atoms with E-state index in [9.17, 15) is 13.2 Å². The second-order valence-electron chi connectivity index (χ2n) is 6.76. The molecule has 0 unspecified atom stereocenters. The van der Waals surface area contributed by atoms with E-state index in [-0.39, 0.29) is 4.90 Å². The second-order valence-corrected chi connectivity index (χ2v) is 9.47. The van der Waals surface area contributed by atoms with Crippen molar-refractivity contribution in [2.75, 3.05) is 16.2 Å². The molecule has 0 aromatic heterocycles. The van der Waals surface area contributed by atoms with E-state index in [1.165, 1.54) is 24.3 Å². The number of benzene rings is 3. The van der Waals surface area contributed by atoms with Crippen molar-refractivity contribution in [3.8, 4) is 0 Å². The normalized spacial score (nSPS) is 11.2. The number of carbonyl (C=O) groups excluding carboxylic acids is 1. The first-order chi connectivity index (χ1) is 14.2. The number of hydrogen-bond acceptors (Lipinski definition) is 3. The second kappa shape index (κ2) is 9.08. The zero-order valence-electron chi connectivity index (χ0n) is 16.4. The average molecular weight is 463 g/mol. The Bertz CT molecular complexity index is 1160. The van der Waals surface area contributed by atoms with Gasteiger partial charge in [-0.1, -0.05) is 47.0 Å². The molecule has 3 aromatic carbocycles. The summed E-state index contributed by atoms with van der Waals surface area (Å²) in [7, 11) is -4.00. The molecule has 0 saturated carbocycles. The first-order valence-corrected chi connectivity index (χ1v) is 11.3. The molecular weight excluding hydrogens is 443 g/mol. The van der Waals surface area contributed by atoms with Gasteiger partial charge in [-0.2, -0.15) is 0 Å². The van der Waals surface area contributed by atoms with Crippen LogP contribution in [-0.4, -0.2) is 20.9 Å². The first kappa shape index (κ1) is 22.2. The maximum Gasteiger partial charge on any atom is 0.264 e. The minimum atomic E-state index is -4.00. The Labute approximate surface area is 186 Å². The van der Waals surface area contributed by atoms with Gasteiger partial charge >= 0.3 is 0 Å². The Morgan fingerprint density at radius 1 is 0.933 bits per heavy atom. The van der Waals surface area contributed by atoms with E-state index < -0.39 is 22.5 Å². The minimum absolute atomic E-state index is 0.0409. The monoisotopic (exact) mass is 462 g/mol. The van der Waals surface area contributed by atoms with Gasteiger partial charge in [-0.25, -0.2) is 8.42 Å². The molecule has 0 heterocycles. The zero-order chi connectivity index (χ0) is 21.9. The fourth-order valence-electron chi connectivity index (χ4n) is 2.82. The van der Waals surface area contributed by atoms with Crippen LogP contribution < -0.4 is 9.62 Å². The van der Waals surface area contributed by atoms with Gasteiger partial charge in [0.05, 0.1) is 10.6 Å². The summed E-state index contributed by atoms with van der Waals surface area (Å²) in [6, 6.07) is 17.9. The molecule has 0 aliphatic carbocycles. The van der Waals surface area contributed by atoms with Gasteiger partial charge < -0.3 is 5.32 Å². The fraction of sp³-hybridized carbons (Fsp3) is 0.136. The van der Waals surface area contributed by atoms with E-state index >= 15 is 0 Å². The molecule has 0 aliphatic rings. The van der Waals surface area contributed by atoms with Crippen LogP contribution >= 0.6 is 23.2 Å². The van der Waals surface area contributed by atoms with E-state index in [2.05, 4.69) is 5.32 Å². The molecular formula is C22H20Cl2N2O3S. The van der Waals surface area contributed by atoms with Gasteiger partial charge in [0, 0.05) is 15.7 Å². The maximum absolute atomic E-state index is 13.3. The summed E-state index contributed by atoms with van der Waals surface area (Å²) < 4.78 is 27.7. The Hall–Kier alpha value is -2.54. The Morgan fingerprint density at radius 2 is 1.57 bits per heavy atom. The van der Waals surface area contributed by atoms with Crippen LogP contribution in [0.25, 0.3) is 0 Å². The number of carbonyl (C=O) groups is 1. The van der Waals surface area contributed by atoms with Crippen LogP contribution in [-0.2, 0) is 14.8 Å². The van der Waals surface area contributed by atoms with Crippen molar-refractivity contribution in [1.29, 1.82) is 0 Å². The number of halogens is 2. The Kier molecular flexibility index (Phi) is 6.71. The number of nitrogens with one attached hydrogen (secondary N) is 1. The predicted molar refractivity (Wildman–Crippen MR) is 122 cm³/mol. The fourth-order valence-corrected chi connectivity index (χ4v) is 4.54. The smallest absolute Gasteiger partial charge is 0.264 e. The maximum atomic E-state index is 13.3. The van der Waals surface area contributed by atoms with Crippen LogP contribution in [0.2, 0.25) is 10.0 Å². The number of hydrogen-bond donors (Lipinski definition) is 1. The number of rotatable bonds is 6. The molecule has 0 radical (unpaired) electrons. The summed E-state index contributed by atoms with van der Waals surface area (Å²) >= 11 is 12.0. The van der Waals surface area contributed by atoms with Crippen LogP contribution in [0.15, 0.2) is 71.6 Å². The van der Waals surface area contributed by atoms with Crippen LogP contribution in [0.3, 0.4) is 0 Å². The third-order valence-corrected chi connectivity index (χ3v) is 7.00. The summed E-state index contributed by atoms with van der Waals surface area (Å²) in [5.74, 6) is -0.488. The van der Waals surface area contributed by atoms with Crippen molar-refractivity contribution in [2.45, 2.75) is 18.7 Å². The zero-order valence-corrected chi connectivity index (χ0v) is 18.7. The van der Waals surface area contributed by atoms with E-state index in [1.807, 2.05) is 6.92 Å². The molecule has 1 N–H and O–H groups in total.